The number of ether oxygens (including phenoxy) is 1. The summed E-state index contributed by atoms with van der Waals surface area (Å²) >= 11 is 1.61. The number of carbonyl (C=O) groups excluding carboxylic acids is 1. The highest BCUT2D eigenvalue weighted by Crippen LogP contribution is 2.30. The van der Waals surface area contributed by atoms with Gasteiger partial charge in [0, 0.05) is 48.1 Å². The van der Waals surface area contributed by atoms with Crippen LogP contribution in [0.1, 0.15) is 28.8 Å². The summed E-state index contributed by atoms with van der Waals surface area (Å²) in [5.41, 5.74) is 3.76. The van der Waals surface area contributed by atoms with Gasteiger partial charge in [-0.3, -0.25) is 14.3 Å². The first-order valence-corrected chi connectivity index (χ1v) is 12.2. The van der Waals surface area contributed by atoms with Crippen LogP contribution in [0.25, 0.3) is 17.1 Å². The predicted octanol–water partition coefficient (Wildman–Crippen LogP) is 4.87. The molecule has 1 fully saturated rings. The summed E-state index contributed by atoms with van der Waals surface area (Å²) in [5.74, 6) is 2.38. The van der Waals surface area contributed by atoms with Crippen LogP contribution >= 0.6 is 11.8 Å². The molecular weight excluding hydrogens is 446 g/mol. The largest absolute Gasteiger partial charge is 0.497 e. The summed E-state index contributed by atoms with van der Waals surface area (Å²) in [7, 11) is 1.65. The van der Waals surface area contributed by atoms with Crippen molar-refractivity contribution in [2.45, 2.75) is 23.8 Å². The van der Waals surface area contributed by atoms with Crippen molar-refractivity contribution in [2.24, 2.45) is 0 Å². The molecule has 0 unspecified atom stereocenters. The van der Waals surface area contributed by atoms with Gasteiger partial charge < -0.3 is 9.64 Å². The molecule has 0 spiro atoms. The lowest BCUT2D eigenvalue weighted by molar-refractivity contribution is 0.0793. The second kappa shape index (κ2) is 10.1. The van der Waals surface area contributed by atoms with Crippen LogP contribution < -0.4 is 4.74 Å². The summed E-state index contributed by atoms with van der Waals surface area (Å²) in [6, 6.07) is 19.6. The van der Waals surface area contributed by atoms with Gasteiger partial charge in [0.05, 0.1) is 7.11 Å². The fraction of sp³-hybridized carbons (Fsp3) is 0.231. The second-order valence-corrected chi connectivity index (χ2v) is 9.00. The third kappa shape index (κ3) is 4.68. The van der Waals surface area contributed by atoms with Crippen LogP contribution in [0.3, 0.4) is 0 Å². The Kier molecular flexibility index (Phi) is 6.58. The van der Waals surface area contributed by atoms with E-state index in [9.17, 15) is 4.79 Å². The van der Waals surface area contributed by atoms with Gasteiger partial charge in [0.15, 0.2) is 11.0 Å². The third-order valence-electron chi connectivity index (χ3n) is 5.86. The van der Waals surface area contributed by atoms with Crippen molar-refractivity contribution in [2.75, 3.05) is 20.2 Å². The van der Waals surface area contributed by atoms with E-state index >= 15 is 0 Å². The molecule has 172 valence electrons. The zero-order valence-electron chi connectivity index (χ0n) is 18.9. The molecule has 34 heavy (non-hydrogen) atoms. The highest BCUT2D eigenvalue weighted by Gasteiger charge is 2.20. The first-order valence-electron chi connectivity index (χ1n) is 11.2. The topological polar surface area (TPSA) is 73.1 Å². The lowest BCUT2D eigenvalue weighted by Gasteiger charge is -2.15. The summed E-state index contributed by atoms with van der Waals surface area (Å²) in [6.45, 7) is 1.72. The van der Waals surface area contributed by atoms with Gasteiger partial charge in [-0.15, -0.1) is 10.2 Å². The number of likely N-dealkylation sites (tertiary alicyclic amines) is 1. The highest BCUT2D eigenvalue weighted by molar-refractivity contribution is 7.98. The van der Waals surface area contributed by atoms with Crippen LogP contribution in [0.2, 0.25) is 0 Å². The maximum atomic E-state index is 12.6. The number of hydrogen-bond acceptors (Lipinski definition) is 6. The number of thioether (sulfide) groups is 1. The molecule has 2 aromatic carbocycles. The molecule has 0 aliphatic carbocycles. The number of hydrogen-bond donors (Lipinski definition) is 0. The van der Waals surface area contributed by atoms with Crippen LogP contribution in [-0.2, 0) is 5.75 Å². The third-order valence-corrected chi connectivity index (χ3v) is 6.86. The molecular formula is C26H25N5O2S. The van der Waals surface area contributed by atoms with Crippen molar-refractivity contribution >= 4 is 17.7 Å². The molecule has 0 N–H and O–H groups in total. The van der Waals surface area contributed by atoms with Crippen LogP contribution in [0.5, 0.6) is 5.75 Å². The molecule has 8 heteroatoms. The Hall–Kier alpha value is -3.65. The van der Waals surface area contributed by atoms with Crippen molar-refractivity contribution in [3.05, 3.63) is 84.2 Å². The second-order valence-electron chi connectivity index (χ2n) is 8.06. The van der Waals surface area contributed by atoms with E-state index in [1.54, 1.807) is 31.3 Å². The smallest absolute Gasteiger partial charge is 0.253 e. The molecule has 1 saturated heterocycles. The van der Waals surface area contributed by atoms with E-state index < -0.39 is 0 Å². The standard InChI is InChI=1S/C26H25N5O2S/c1-33-23-10-8-22(9-11-23)31-24(20-12-14-27-15-13-20)28-29-26(31)34-18-19-4-6-21(7-5-19)25(32)30-16-2-3-17-30/h4-15H,2-3,16-18H2,1H3. The summed E-state index contributed by atoms with van der Waals surface area (Å²) in [5, 5.41) is 9.76. The molecule has 7 nitrogen and oxygen atoms in total. The van der Waals surface area contributed by atoms with Crippen molar-refractivity contribution in [1.82, 2.24) is 24.6 Å². The Bertz CT molecular complexity index is 1250. The zero-order chi connectivity index (χ0) is 23.3. The van der Waals surface area contributed by atoms with Crippen molar-refractivity contribution < 1.29 is 9.53 Å². The molecule has 1 aliphatic heterocycles. The van der Waals surface area contributed by atoms with Crippen molar-refractivity contribution in [3.8, 4) is 22.8 Å². The summed E-state index contributed by atoms with van der Waals surface area (Å²) in [6.07, 6.45) is 5.69. The molecule has 2 aromatic heterocycles. The normalized spacial score (nSPS) is 13.3. The van der Waals surface area contributed by atoms with Crippen LogP contribution in [0, 0.1) is 0 Å². The monoisotopic (exact) mass is 471 g/mol. The molecule has 4 aromatic rings. The molecule has 0 saturated carbocycles. The maximum Gasteiger partial charge on any atom is 0.253 e. The first kappa shape index (κ1) is 22.2. The van der Waals surface area contributed by atoms with Crippen LogP contribution in [0.4, 0.5) is 0 Å². The van der Waals surface area contributed by atoms with E-state index in [1.165, 1.54) is 0 Å². The number of methoxy groups -OCH3 is 1. The molecule has 1 aliphatic rings. The Labute approximate surface area is 202 Å². The number of carbonyl (C=O) groups is 1. The fourth-order valence-electron chi connectivity index (χ4n) is 4.01. The van der Waals surface area contributed by atoms with Crippen LogP contribution in [0.15, 0.2) is 78.2 Å². The average molecular weight is 472 g/mol. The van der Waals surface area contributed by atoms with Gasteiger partial charge in [-0.05, 0) is 66.9 Å². The first-order chi connectivity index (χ1) is 16.7. The van der Waals surface area contributed by atoms with E-state index in [1.807, 2.05) is 70.1 Å². The maximum absolute atomic E-state index is 12.6. The van der Waals surface area contributed by atoms with E-state index in [0.717, 1.165) is 65.0 Å². The van der Waals surface area contributed by atoms with E-state index in [-0.39, 0.29) is 5.91 Å². The molecule has 1 amide bonds. The van der Waals surface area contributed by atoms with Gasteiger partial charge in [-0.1, -0.05) is 23.9 Å². The Balaban J connectivity index is 1.38. The number of pyridine rings is 1. The van der Waals surface area contributed by atoms with Crippen LogP contribution in [-0.4, -0.2) is 50.8 Å². The van der Waals surface area contributed by atoms with Gasteiger partial charge >= 0.3 is 0 Å². The molecule has 0 atom stereocenters. The number of nitrogens with zero attached hydrogens (tertiary/aromatic N) is 5. The van der Waals surface area contributed by atoms with Gasteiger partial charge in [0.1, 0.15) is 5.75 Å². The van der Waals surface area contributed by atoms with Gasteiger partial charge in [-0.2, -0.15) is 0 Å². The molecule has 5 rings (SSSR count). The highest BCUT2D eigenvalue weighted by atomic mass is 32.2. The number of aromatic nitrogens is 4. The minimum Gasteiger partial charge on any atom is -0.497 e. The Morgan fingerprint density at radius 1 is 0.941 bits per heavy atom. The Morgan fingerprint density at radius 3 is 2.32 bits per heavy atom. The number of amides is 1. The van der Waals surface area contributed by atoms with E-state index in [2.05, 4.69) is 15.2 Å². The quantitative estimate of drug-likeness (QED) is 0.358. The summed E-state index contributed by atoms with van der Waals surface area (Å²) < 4.78 is 7.36. The molecule has 0 bridgehead atoms. The van der Waals surface area contributed by atoms with Gasteiger partial charge in [0.2, 0.25) is 0 Å². The van der Waals surface area contributed by atoms with Crippen molar-refractivity contribution in [3.63, 3.8) is 0 Å². The number of benzene rings is 2. The van der Waals surface area contributed by atoms with Gasteiger partial charge in [-0.25, -0.2) is 0 Å². The fourth-order valence-corrected chi connectivity index (χ4v) is 4.92. The van der Waals surface area contributed by atoms with E-state index in [4.69, 9.17) is 4.74 Å². The average Bonchev–Trinajstić information content (AvgIpc) is 3.59. The number of rotatable bonds is 7. The Morgan fingerprint density at radius 2 is 1.65 bits per heavy atom. The lowest BCUT2D eigenvalue weighted by Crippen LogP contribution is -2.27. The molecule has 0 radical (unpaired) electrons. The lowest BCUT2D eigenvalue weighted by atomic mass is 10.1. The van der Waals surface area contributed by atoms with E-state index in [0.29, 0.717) is 5.75 Å². The predicted molar refractivity (Wildman–Crippen MR) is 132 cm³/mol. The SMILES string of the molecule is COc1ccc(-n2c(SCc3ccc(C(=O)N4CCCC4)cc3)nnc2-c2ccncc2)cc1. The van der Waals surface area contributed by atoms with Crippen molar-refractivity contribution in [1.29, 1.82) is 0 Å². The molecule has 3 heterocycles. The zero-order valence-corrected chi connectivity index (χ0v) is 19.7. The van der Waals surface area contributed by atoms with Gasteiger partial charge in [0.25, 0.3) is 5.91 Å². The minimum atomic E-state index is 0.123. The minimum absolute atomic E-state index is 0.123. The summed E-state index contributed by atoms with van der Waals surface area (Å²) in [4.78, 5) is 18.7.